The number of nitrogens with two attached hydrogens (primary N) is 1. The Labute approximate surface area is 344 Å². The predicted octanol–water partition coefficient (Wildman–Crippen LogP) is 8.05. The molecule has 0 radical (unpaired) electrons. The van der Waals surface area contributed by atoms with Crippen LogP contribution in [0.1, 0.15) is 43.0 Å². The summed E-state index contributed by atoms with van der Waals surface area (Å²) in [5.41, 5.74) is 6.58. The first-order valence-electron chi connectivity index (χ1n) is 14.8. The van der Waals surface area contributed by atoms with Crippen LogP contribution in [0.2, 0.25) is 0 Å². The van der Waals surface area contributed by atoms with Crippen LogP contribution in [0.15, 0.2) is 78.9 Å². The van der Waals surface area contributed by atoms with Crippen molar-refractivity contribution in [3.8, 4) is 40.2 Å². The molecule has 11 nitrogen and oxygen atoms in total. The molecule has 5 aromatic carbocycles. The first-order valence-corrected chi connectivity index (χ1v) is 19.1. The quantitative estimate of drug-likeness (QED) is 0.0706. The first kappa shape index (κ1) is 36.0. The number of halogens is 4. The Balaban J connectivity index is 1.19. The Kier molecular flexibility index (Phi) is 9.77. The van der Waals surface area contributed by atoms with E-state index in [4.69, 9.17) is 24.7 Å². The summed E-state index contributed by atoms with van der Waals surface area (Å²) < 4.78 is 27.0. The maximum Gasteiger partial charge on any atom is 0.343 e. The van der Waals surface area contributed by atoms with Crippen molar-refractivity contribution in [2.75, 3.05) is 0 Å². The van der Waals surface area contributed by atoms with Crippen LogP contribution in [-0.2, 0) is 21.6 Å². The first-order chi connectivity index (χ1) is 24.2. The van der Waals surface area contributed by atoms with E-state index in [1.807, 2.05) is 12.1 Å². The third-order valence-corrected chi connectivity index (χ3v) is 11.4. The summed E-state index contributed by atoms with van der Waals surface area (Å²) in [6.45, 7) is 0. The summed E-state index contributed by atoms with van der Waals surface area (Å²) >= 11 is 8.38. The van der Waals surface area contributed by atoms with E-state index in [0.29, 0.717) is 41.1 Å². The predicted molar refractivity (Wildman–Crippen MR) is 216 cm³/mol. The molecule has 0 bridgehead atoms. The van der Waals surface area contributed by atoms with Gasteiger partial charge in [0.05, 0.1) is 25.4 Å². The molecule has 0 amide bonds. The van der Waals surface area contributed by atoms with E-state index in [1.54, 1.807) is 30.3 Å². The largest absolute Gasteiger partial charge is 0.508 e. The molecular formula is C36H21I4NO10. The van der Waals surface area contributed by atoms with Gasteiger partial charge in [0.25, 0.3) is 0 Å². The lowest BCUT2D eigenvalue weighted by molar-refractivity contribution is -0.138. The SMILES string of the molecule is N[C@@H](Cc1cc(I)c(Oc2cc(I)c(OC(=O)c3ccc4c(c3)C3(OC4=O)c4ccc(O)cc4Oc4cc(O)ccc43)c(I)c2)c(I)c1)C(=O)O. The van der Waals surface area contributed by atoms with Gasteiger partial charge in [-0.2, -0.15) is 0 Å². The van der Waals surface area contributed by atoms with Crippen LogP contribution in [0.3, 0.4) is 0 Å². The number of hydrogen-bond acceptors (Lipinski definition) is 10. The Morgan fingerprint density at radius 2 is 1.33 bits per heavy atom. The average molecular weight is 1140 g/mol. The molecule has 2 heterocycles. The zero-order valence-corrected chi connectivity index (χ0v) is 34.2. The number of phenols is 2. The van der Waals surface area contributed by atoms with Crippen molar-refractivity contribution in [1.29, 1.82) is 0 Å². The second-order valence-electron chi connectivity index (χ2n) is 11.5. The molecule has 0 saturated heterocycles. The number of hydrogen-bond donors (Lipinski definition) is 4. The van der Waals surface area contributed by atoms with Crippen molar-refractivity contribution in [2.24, 2.45) is 5.73 Å². The number of esters is 2. The monoisotopic (exact) mass is 1130 g/mol. The molecule has 0 fully saturated rings. The van der Waals surface area contributed by atoms with Crippen molar-refractivity contribution in [3.63, 3.8) is 0 Å². The van der Waals surface area contributed by atoms with Crippen LogP contribution in [0.25, 0.3) is 0 Å². The molecule has 15 heteroatoms. The third-order valence-electron chi connectivity index (χ3n) is 8.23. The van der Waals surface area contributed by atoms with Crippen molar-refractivity contribution < 1.29 is 48.7 Å². The van der Waals surface area contributed by atoms with Gasteiger partial charge in [-0.25, -0.2) is 9.59 Å². The molecule has 51 heavy (non-hydrogen) atoms. The van der Waals surface area contributed by atoms with E-state index in [9.17, 15) is 29.7 Å². The summed E-state index contributed by atoms with van der Waals surface area (Å²) in [5.74, 6) is -0.685. The van der Waals surface area contributed by atoms with Crippen LogP contribution in [0.4, 0.5) is 0 Å². The van der Waals surface area contributed by atoms with Gasteiger partial charge in [0.2, 0.25) is 0 Å². The fourth-order valence-electron chi connectivity index (χ4n) is 5.96. The molecule has 2 aliphatic heterocycles. The van der Waals surface area contributed by atoms with Gasteiger partial charge in [0.15, 0.2) is 17.1 Å². The molecule has 258 valence electrons. The van der Waals surface area contributed by atoms with E-state index in [1.165, 1.54) is 36.4 Å². The summed E-state index contributed by atoms with van der Waals surface area (Å²) in [6, 6.07) is 19.5. The van der Waals surface area contributed by atoms with Crippen molar-refractivity contribution in [3.05, 3.63) is 127 Å². The summed E-state index contributed by atoms with van der Waals surface area (Å²) in [6.07, 6.45) is 0.177. The minimum absolute atomic E-state index is 0.0736. The molecule has 5 aromatic rings. The normalized spacial score (nSPS) is 14.1. The van der Waals surface area contributed by atoms with Gasteiger partial charge in [-0.05, 0) is 169 Å². The molecule has 7 rings (SSSR count). The number of carboxylic acids is 1. The summed E-state index contributed by atoms with van der Waals surface area (Å²) in [4.78, 5) is 38.3. The number of aliphatic carboxylic acids is 1. The smallest absolute Gasteiger partial charge is 0.343 e. The molecular weight excluding hydrogens is 1110 g/mol. The fraction of sp³-hybridized carbons (Fsp3) is 0.0833. The maximum absolute atomic E-state index is 13.7. The summed E-state index contributed by atoms with van der Waals surface area (Å²) in [5, 5.41) is 29.6. The average Bonchev–Trinajstić information content (AvgIpc) is 3.35. The highest BCUT2D eigenvalue weighted by Gasteiger charge is 2.54. The standard InChI is InChI=1S/C36H21I4NO10/c37-24-7-15(9-28(41)33(44)45)8-25(38)31(24)48-19-13-26(39)32(27(40)14-19)50-34(46)16-1-4-20-23(10-16)36(51-35(20)47)21-5-2-17(42)11-29(21)49-30-12-18(43)3-6-22(30)36/h1-8,10-14,28,42-43H,9,41H2,(H,44,45)/t28-/m0/s1. The minimum atomic E-state index is -1.54. The molecule has 5 N–H and O–H groups in total. The molecule has 0 aromatic heterocycles. The lowest BCUT2D eigenvalue weighted by Crippen LogP contribution is -2.33. The van der Waals surface area contributed by atoms with E-state index >= 15 is 0 Å². The second-order valence-corrected chi connectivity index (χ2v) is 16.2. The lowest BCUT2D eigenvalue weighted by Gasteiger charge is -2.36. The summed E-state index contributed by atoms with van der Waals surface area (Å²) in [7, 11) is 0. The zero-order chi connectivity index (χ0) is 36.4. The molecule has 0 unspecified atom stereocenters. The van der Waals surface area contributed by atoms with Gasteiger partial charge in [0.1, 0.15) is 34.8 Å². The highest BCUT2D eigenvalue weighted by Crippen LogP contribution is 2.57. The van der Waals surface area contributed by atoms with Gasteiger partial charge < -0.3 is 40.0 Å². The van der Waals surface area contributed by atoms with Gasteiger partial charge in [-0.15, -0.1) is 0 Å². The molecule has 1 atom stereocenters. The third kappa shape index (κ3) is 6.59. The van der Waals surface area contributed by atoms with E-state index in [0.717, 1.165) is 12.7 Å². The van der Waals surface area contributed by atoms with Crippen LogP contribution >= 0.6 is 90.4 Å². The van der Waals surface area contributed by atoms with Crippen LogP contribution < -0.4 is 19.9 Å². The van der Waals surface area contributed by atoms with E-state index < -0.39 is 29.6 Å². The van der Waals surface area contributed by atoms with E-state index in [2.05, 4.69) is 90.4 Å². The van der Waals surface area contributed by atoms with Gasteiger partial charge >= 0.3 is 17.9 Å². The molecule has 2 aliphatic rings. The number of aromatic hydroxyl groups is 2. The van der Waals surface area contributed by atoms with E-state index in [-0.39, 0.29) is 40.5 Å². The number of phenolic OH excluding ortho intramolecular Hbond substituents is 2. The molecule has 0 saturated carbocycles. The highest BCUT2D eigenvalue weighted by molar-refractivity contribution is 14.1. The van der Waals surface area contributed by atoms with Crippen LogP contribution in [0.5, 0.6) is 40.2 Å². The van der Waals surface area contributed by atoms with Gasteiger partial charge in [-0.3, -0.25) is 4.79 Å². The van der Waals surface area contributed by atoms with Crippen LogP contribution in [-0.4, -0.2) is 39.3 Å². The Morgan fingerprint density at radius 3 is 1.90 bits per heavy atom. The Morgan fingerprint density at radius 1 is 0.765 bits per heavy atom. The fourth-order valence-corrected chi connectivity index (χ4v) is 10.0. The minimum Gasteiger partial charge on any atom is -0.508 e. The van der Waals surface area contributed by atoms with Gasteiger partial charge in [0, 0.05) is 28.8 Å². The Hall–Kier alpha value is -3.41. The van der Waals surface area contributed by atoms with Crippen molar-refractivity contribution in [2.45, 2.75) is 18.1 Å². The zero-order valence-electron chi connectivity index (χ0n) is 25.6. The van der Waals surface area contributed by atoms with Crippen LogP contribution in [0, 0.1) is 14.3 Å². The second kappa shape index (κ2) is 13.9. The number of carboxylic acid groups (broad SMARTS) is 1. The lowest BCUT2D eigenvalue weighted by atomic mass is 9.77. The number of fused-ring (bicyclic) bond motifs is 6. The number of rotatable bonds is 7. The highest BCUT2D eigenvalue weighted by atomic mass is 127. The van der Waals surface area contributed by atoms with Crippen molar-refractivity contribution in [1.82, 2.24) is 0 Å². The topological polar surface area (TPSA) is 175 Å². The number of benzene rings is 5. The number of ether oxygens (including phenoxy) is 4. The van der Waals surface area contributed by atoms with Crippen molar-refractivity contribution >= 4 is 108 Å². The number of carbonyl (C=O) groups excluding carboxylic acids is 2. The molecule has 1 spiro atoms. The molecule has 0 aliphatic carbocycles. The Bertz CT molecular complexity index is 2230. The maximum atomic E-state index is 13.7. The number of carbonyl (C=O) groups is 3. The van der Waals surface area contributed by atoms with Gasteiger partial charge in [-0.1, -0.05) is 0 Å².